The van der Waals surface area contributed by atoms with Crippen LogP contribution in [0.15, 0.2) is 0 Å². The predicted octanol–water partition coefficient (Wildman–Crippen LogP) is -0.783. The summed E-state index contributed by atoms with van der Waals surface area (Å²) in [6.45, 7) is 0. The molecule has 0 aromatic rings. The molecule has 0 radical (unpaired) electrons. The van der Waals surface area contributed by atoms with Crippen LogP contribution in [-0.4, -0.2) is 25.8 Å². The third-order valence-corrected chi connectivity index (χ3v) is 0. The molecule has 0 bridgehead atoms. The Morgan fingerprint density at radius 2 is 2.25 bits per heavy atom. The molecule has 0 rings (SSSR count). The first kappa shape index (κ1) is 0.954. The summed E-state index contributed by atoms with van der Waals surface area (Å²) in [4.78, 5) is 0. The number of hydrogen-bond donors (Lipinski definition) is 2. The molecular weight excluding hydrogens is 56.0 g/mol. The van der Waals surface area contributed by atoms with E-state index in [4.69, 9.17) is 10.7 Å². The molecule has 0 atom stereocenters. The lowest BCUT2D eigenvalue weighted by Gasteiger charge is -1.21. The van der Waals surface area contributed by atoms with Gasteiger partial charge in [-0.2, -0.15) is 0 Å². The maximum Gasteiger partial charge on any atom is 0.210 e. The zero-order valence-corrected chi connectivity index (χ0v) is 2.36. The molecule has 0 saturated heterocycles. The van der Waals surface area contributed by atoms with E-state index in [-0.39, 0.29) is 0 Å². The summed E-state index contributed by atoms with van der Waals surface area (Å²) in [7, 11) is -1.54. The topological polar surface area (TPSA) is 40.5 Å². The van der Waals surface area contributed by atoms with E-state index in [1.54, 1.807) is 0 Å². The van der Waals surface area contributed by atoms with E-state index < -0.39 is 7.04 Å². The highest BCUT2D eigenvalue weighted by molar-refractivity contribution is 3.18. The quantitative estimate of drug-likeness (QED) is 0.391. The maximum absolute atomic E-state index is 7.00. The zero-order chi connectivity index (χ0) is 7.21. The molecular formula is C2H8O2. The van der Waals surface area contributed by atoms with Crippen LogP contribution in [0.2, 0.25) is 0 Å². The number of aliphatic hydroxyl groups is 2. The third-order valence-electron chi connectivity index (χ3n) is 0. The van der Waals surface area contributed by atoms with Crippen LogP contribution in [0.25, 0.3) is 0 Å². The first-order valence-corrected chi connectivity index (χ1v) is 0.651. The van der Waals surface area contributed by atoms with Gasteiger partial charge in [0.15, 0.2) is 0 Å². The number of aliphatic hydroxyl groups excluding tert-OH is 1. The molecule has 0 aliphatic heterocycles. The highest BCUT2D eigenvalue weighted by atomic mass is 16.2. The van der Waals surface area contributed by atoms with Gasteiger partial charge in [0.25, 0.3) is 0 Å². The fourth-order valence-corrected chi connectivity index (χ4v) is 0. The van der Waals surface area contributed by atoms with Crippen LogP contribution in [0.1, 0.15) is 4.11 Å². The minimum atomic E-state index is -2.54. The molecule has 0 unspecified atom stereocenters. The molecule has 0 fully saturated rings. The fraction of sp³-hybridized carbons (Fsp3) is 1.00. The van der Waals surface area contributed by atoms with Gasteiger partial charge < -0.3 is 10.2 Å². The van der Waals surface area contributed by atoms with Crippen molar-refractivity contribution in [2.45, 2.75) is 0 Å². The fourth-order valence-electron chi connectivity index (χ4n) is 0. The molecule has 0 aliphatic rings. The summed E-state index contributed by atoms with van der Waals surface area (Å²) in [6.07, 6.45) is 0. The molecule has 0 heterocycles. The normalized spacial score (nSPS) is 20.5. The minimum absolute atomic E-state index is 1.00. The van der Waals surface area contributed by atoms with Crippen LogP contribution < -0.4 is 0 Å². The van der Waals surface area contributed by atoms with Gasteiger partial charge in [-0.15, -0.1) is 0 Å². The Hall–Kier alpha value is -0.0800. The number of rotatable bonds is 0. The Kier molecular flexibility index (Phi) is 401. The molecule has 0 aliphatic carbocycles. The SMILES string of the molecule is CO.[2H]OC([2H])([2H])[2H]. The summed E-state index contributed by atoms with van der Waals surface area (Å²) >= 11 is 0. The van der Waals surface area contributed by atoms with E-state index in [2.05, 4.69) is 5.11 Å². The van der Waals surface area contributed by atoms with Crippen LogP contribution in [0.4, 0.5) is 0 Å². The number of hydrogen-bond acceptors (Lipinski definition) is 2. The molecule has 0 spiro atoms. The standard InChI is InChI=1S/2CH4O/c2*1-2/h2*2H,1H3/i1D3,2D;. The summed E-state index contributed by atoms with van der Waals surface area (Å²) in [5, 5.41) is 10.2. The van der Waals surface area contributed by atoms with Crippen molar-refractivity contribution in [1.29, 1.82) is 1.43 Å². The second-order valence-corrected chi connectivity index (χ2v) is 0. The first-order valence-electron chi connectivity index (χ1n) is 2.56. The van der Waals surface area contributed by atoms with Gasteiger partial charge in [0.05, 0.1) is 4.11 Å². The van der Waals surface area contributed by atoms with E-state index >= 15 is 0 Å². The average molecular weight is 68.1 g/mol. The van der Waals surface area contributed by atoms with Crippen LogP contribution >= 0.6 is 0 Å². The molecule has 2 N–H and O–H groups in total. The Morgan fingerprint density at radius 1 is 2.00 bits per heavy atom. The van der Waals surface area contributed by atoms with Crippen molar-refractivity contribution in [3.8, 4) is 0 Å². The molecule has 0 aromatic heterocycles. The monoisotopic (exact) mass is 68.1 g/mol. The average Bonchev–Trinajstić information content (AvgIpc) is 1.71. The Balaban J connectivity index is 0. The van der Waals surface area contributed by atoms with Gasteiger partial charge >= 0.3 is 0 Å². The summed E-state index contributed by atoms with van der Waals surface area (Å²) in [6, 6.07) is 0. The second kappa shape index (κ2) is 1680. The Labute approximate surface area is 31.4 Å². The van der Waals surface area contributed by atoms with Crippen molar-refractivity contribution in [1.82, 2.24) is 0 Å². The molecule has 2 nitrogen and oxygen atoms in total. The first-order chi connectivity index (χ1) is 3.56. The summed E-state index contributed by atoms with van der Waals surface area (Å²) in [5.41, 5.74) is 0. The third kappa shape index (κ3) is 254. The van der Waals surface area contributed by atoms with Crippen LogP contribution in [0.5, 0.6) is 0 Å². The van der Waals surface area contributed by atoms with Crippen molar-refractivity contribution in [2.24, 2.45) is 0 Å². The molecule has 28 valence electrons. The molecule has 0 amide bonds. The molecule has 0 saturated carbocycles. The van der Waals surface area contributed by atoms with Gasteiger partial charge in [-0.1, -0.05) is 0 Å². The van der Waals surface area contributed by atoms with Crippen LogP contribution in [0, 0.1) is 0 Å². The molecule has 0 aromatic carbocycles. The van der Waals surface area contributed by atoms with Crippen LogP contribution in [0.3, 0.4) is 0 Å². The Morgan fingerprint density at radius 3 is 2.25 bits per heavy atom. The lowest BCUT2D eigenvalue weighted by Crippen LogP contribution is -1.25. The van der Waals surface area contributed by atoms with Gasteiger partial charge in [-0.3, -0.25) is 0 Å². The van der Waals surface area contributed by atoms with Gasteiger partial charge in [-0.05, 0) is 0 Å². The lowest BCUT2D eigenvalue weighted by atomic mass is 11.8. The van der Waals surface area contributed by atoms with Gasteiger partial charge in [0.1, 0.15) is 0 Å². The smallest absolute Gasteiger partial charge is 0.210 e. The van der Waals surface area contributed by atoms with Crippen molar-refractivity contribution in [2.75, 3.05) is 14.1 Å². The van der Waals surface area contributed by atoms with E-state index in [1.807, 2.05) is 0 Å². The zero-order valence-electron chi connectivity index (χ0n) is 6.36. The van der Waals surface area contributed by atoms with Crippen molar-refractivity contribution in [3.05, 3.63) is 0 Å². The lowest BCUT2D eigenvalue weighted by molar-refractivity contribution is 0.399. The van der Waals surface area contributed by atoms with Gasteiger partial charge in [-0.25, -0.2) is 0 Å². The van der Waals surface area contributed by atoms with Gasteiger partial charge in [0, 0.05) is 14.1 Å². The van der Waals surface area contributed by atoms with Crippen molar-refractivity contribution in [3.63, 3.8) is 0 Å². The van der Waals surface area contributed by atoms with Crippen LogP contribution in [-0.2, 0) is 0 Å². The predicted molar refractivity (Wildman–Crippen MR) is 16.3 cm³/mol. The highest BCUT2D eigenvalue weighted by Crippen LogP contribution is 0.757. The minimum Gasteiger partial charge on any atom is -0.400 e. The van der Waals surface area contributed by atoms with E-state index in [9.17, 15) is 0 Å². The maximum atomic E-state index is 7.00. The van der Waals surface area contributed by atoms with Gasteiger partial charge in [0.2, 0.25) is 1.43 Å². The van der Waals surface area contributed by atoms with Crippen molar-refractivity contribution < 1.29 is 14.3 Å². The van der Waals surface area contributed by atoms with E-state index in [0.717, 1.165) is 7.11 Å². The summed E-state index contributed by atoms with van der Waals surface area (Å²) in [5.74, 6) is 0. The van der Waals surface area contributed by atoms with E-state index in [0.29, 0.717) is 0 Å². The highest BCUT2D eigenvalue weighted by Gasteiger charge is 0.841. The summed E-state index contributed by atoms with van der Waals surface area (Å²) < 4.78 is 24.1. The van der Waals surface area contributed by atoms with Crippen molar-refractivity contribution >= 4 is 0 Å². The van der Waals surface area contributed by atoms with E-state index in [1.165, 1.54) is 0 Å². The second-order valence-electron chi connectivity index (χ2n) is 0. The molecule has 2 heteroatoms. The Bertz CT molecular complexity index is 41.8. The molecule has 4 heavy (non-hydrogen) atoms. The largest absolute Gasteiger partial charge is 0.400 e.